The number of hydrogen-bond acceptors (Lipinski definition) is 5. The minimum Gasteiger partial charge on any atom is -0.456 e. The minimum absolute atomic E-state index is 0.656. The van der Waals surface area contributed by atoms with E-state index >= 15 is 0 Å². The van der Waals surface area contributed by atoms with Gasteiger partial charge in [-0.2, -0.15) is 0 Å². The van der Waals surface area contributed by atoms with Gasteiger partial charge in [0.2, 0.25) is 0 Å². The van der Waals surface area contributed by atoms with Crippen molar-refractivity contribution in [1.82, 2.24) is 15.0 Å². The third-order valence-electron chi connectivity index (χ3n) is 10.6. The Hall–Kier alpha value is -7.63. The lowest BCUT2D eigenvalue weighted by molar-refractivity contribution is 0.668. The summed E-state index contributed by atoms with van der Waals surface area (Å²) in [7, 11) is 0. The number of nitrogens with zero attached hydrogens (tertiary/aromatic N) is 3. The molecule has 7 aromatic carbocycles. The molecule has 4 heterocycles. The second-order valence-corrected chi connectivity index (χ2v) is 14.1. The molecule has 5 nitrogen and oxygen atoms in total. The summed E-state index contributed by atoms with van der Waals surface area (Å²) in [6, 6.07) is 60.9. The van der Waals surface area contributed by atoms with Gasteiger partial charge in [0, 0.05) is 50.6 Å². The second kappa shape index (κ2) is 13.0. The predicted octanol–water partition coefficient (Wildman–Crippen LogP) is 13.7. The van der Waals surface area contributed by atoms with Crippen molar-refractivity contribution in [2.24, 2.45) is 0 Å². The molecule has 56 heavy (non-hydrogen) atoms. The number of furan rings is 2. The van der Waals surface area contributed by atoms with Gasteiger partial charge in [0.05, 0.1) is 11.4 Å². The molecule has 0 unspecified atom stereocenters. The molecule has 0 N–H and O–H groups in total. The van der Waals surface area contributed by atoms with E-state index in [9.17, 15) is 0 Å². The lowest BCUT2D eigenvalue weighted by Crippen LogP contribution is -1.96. The van der Waals surface area contributed by atoms with E-state index in [0.717, 1.165) is 105 Å². The molecule has 11 rings (SSSR count). The zero-order valence-corrected chi connectivity index (χ0v) is 30.1. The highest BCUT2D eigenvalue weighted by atomic mass is 16.3. The third kappa shape index (κ3) is 5.62. The summed E-state index contributed by atoms with van der Waals surface area (Å²) < 4.78 is 12.4. The highest BCUT2D eigenvalue weighted by molar-refractivity contribution is 6.07. The van der Waals surface area contributed by atoms with Gasteiger partial charge in [0.15, 0.2) is 5.82 Å². The minimum atomic E-state index is 0.656. The van der Waals surface area contributed by atoms with Crippen LogP contribution >= 0.6 is 0 Å². The van der Waals surface area contributed by atoms with Crippen LogP contribution in [0, 0.1) is 0 Å². The summed E-state index contributed by atoms with van der Waals surface area (Å²) in [4.78, 5) is 14.7. The molecule has 0 aliphatic heterocycles. The van der Waals surface area contributed by atoms with Crippen molar-refractivity contribution in [1.29, 1.82) is 0 Å². The van der Waals surface area contributed by atoms with Crippen molar-refractivity contribution in [3.8, 4) is 67.3 Å². The fraction of sp³-hybridized carbons (Fsp3) is 0. The average molecular weight is 718 g/mol. The molecule has 0 radical (unpaired) electrons. The number of para-hydroxylation sites is 2. The van der Waals surface area contributed by atoms with Crippen molar-refractivity contribution in [3.63, 3.8) is 0 Å². The first-order chi connectivity index (χ1) is 27.7. The molecule has 0 bridgehead atoms. The van der Waals surface area contributed by atoms with Gasteiger partial charge in [-0.15, -0.1) is 0 Å². The molecule has 0 atom stereocenters. The zero-order chi connectivity index (χ0) is 37.0. The number of aromatic nitrogens is 3. The first kappa shape index (κ1) is 31.9. The molecule has 0 aliphatic rings. The largest absolute Gasteiger partial charge is 0.456 e. The Morgan fingerprint density at radius 3 is 1.41 bits per heavy atom. The van der Waals surface area contributed by atoms with E-state index in [1.807, 2.05) is 54.7 Å². The molecule has 0 saturated carbocycles. The van der Waals surface area contributed by atoms with Crippen LogP contribution in [0.4, 0.5) is 0 Å². The van der Waals surface area contributed by atoms with Crippen LogP contribution in [-0.2, 0) is 0 Å². The molecular weight excluding hydrogens is 687 g/mol. The van der Waals surface area contributed by atoms with Crippen LogP contribution in [0.25, 0.3) is 111 Å². The van der Waals surface area contributed by atoms with Crippen LogP contribution in [0.2, 0.25) is 0 Å². The highest BCUT2D eigenvalue weighted by Crippen LogP contribution is 2.39. The van der Waals surface area contributed by atoms with Gasteiger partial charge in [-0.05, 0) is 100 Å². The van der Waals surface area contributed by atoms with Crippen LogP contribution in [0.15, 0.2) is 197 Å². The van der Waals surface area contributed by atoms with Gasteiger partial charge in [-0.3, -0.25) is 4.98 Å². The van der Waals surface area contributed by atoms with Gasteiger partial charge >= 0.3 is 0 Å². The molecule has 0 aliphatic carbocycles. The van der Waals surface area contributed by atoms with E-state index in [4.69, 9.17) is 18.8 Å². The molecule has 11 aromatic rings. The van der Waals surface area contributed by atoms with E-state index in [2.05, 4.69) is 132 Å². The lowest BCUT2D eigenvalue weighted by Gasteiger charge is -2.14. The Labute approximate surface area is 322 Å². The van der Waals surface area contributed by atoms with Crippen molar-refractivity contribution >= 4 is 43.9 Å². The van der Waals surface area contributed by atoms with Gasteiger partial charge in [-0.25, -0.2) is 9.97 Å². The second-order valence-electron chi connectivity index (χ2n) is 14.1. The molecule has 5 heteroatoms. The van der Waals surface area contributed by atoms with E-state index in [-0.39, 0.29) is 0 Å². The summed E-state index contributed by atoms with van der Waals surface area (Å²) in [5.41, 5.74) is 14.6. The quantitative estimate of drug-likeness (QED) is 0.171. The predicted molar refractivity (Wildman–Crippen MR) is 227 cm³/mol. The van der Waals surface area contributed by atoms with Gasteiger partial charge in [0.1, 0.15) is 22.3 Å². The topological polar surface area (TPSA) is 65.0 Å². The summed E-state index contributed by atoms with van der Waals surface area (Å²) in [5.74, 6) is 0.656. The fourth-order valence-electron chi connectivity index (χ4n) is 7.75. The van der Waals surface area contributed by atoms with Gasteiger partial charge in [-0.1, -0.05) is 109 Å². The maximum Gasteiger partial charge on any atom is 0.160 e. The summed E-state index contributed by atoms with van der Waals surface area (Å²) in [6.07, 6.45) is 3.67. The number of hydrogen-bond donors (Lipinski definition) is 0. The van der Waals surface area contributed by atoms with E-state index in [1.165, 1.54) is 0 Å². The fourth-order valence-corrected chi connectivity index (χ4v) is 7.75. The molecule has 262 valence electrons. The molecule has 0 fully saturated rings. The average Bonchev–Trinajstić information content (AvgIpc) is 3.84. The SMILES string of the molecule is c1ccc(-c2cc(-c3cc(-c4ccc5oc6ccccc6c5c4)cc(-c4ccc5oc6ccccc6c5c4)c3)nc(-c3ccc(-c4cccnc4)cc3)n2)cc1. The molecule has 4 aromatic heterocycles. The van der Waals surface area contributed by atoms with E-state index in [0.29, 0.717) is 5.82 Å². The van der Waals surface area contributed by atoms with Gasteiger partial charge in [0.25, 0.3) is 0 Å². The monoisotopic (exact) mass is 717 g/mol. The Morgan fingerprint density at radius 2 is 0.804 bits per heavy atom. The third-order valence-corrected chi connectivity index (χ3v) is 10.6. The van der Waals surface area contributed by atoms with Crippen LogP contribution < -0.4 is 0 Å². The number of rotatable bonds is 6. The molecule has 0 amide bonds. The van der Waals surface area contributed by atoms with Crippen molar-refractivity contribution in [2.45, 2.75) is 0 Å². The summed E-state index contributed by atoms with van der Waals surface area (Å²) in [6.45, 7) is 0. The van der Waals surface area contributed by atoms with E-state index in [1.54, 1.807) is 6.20 Å². The van der Waals surface area contributed by atoms with Crippen LogP contribution in [0.5, 0.6) is 0 Å². The summed E-state index contributed by atoms with van der Waals surface area (Å²) in [5, 5.41) is 4.37. The Balaban J connectivity index is 1.11. The Bertz CT molecular complexity index is 3110. The maximum atomic E-state index is 6.21. The smallest absolute Gasteiger partial charge is 0.160 e. The molecular formula is C51H31N3O2. The van der Waals surface area contributed by atoms with Crippen LogP contribution in [0.3, 0.4) is 0 Å². The number of benzene rings is 7. The highest BCUT2D eigenvalue weighted by Gasteiger charge is 2.16. The standard InChI is InChI=1S/C51H31N3O2/c1-2-9-33(10-3-1)45-30-46(54-51(53-45)34-18-16-32(17-19-34)37-11-8-24-52-31-37)40-26-38(35-20-22-49-43(28-35)41-12-4-6-14-47(41)55-49)25-39(27-40)36-21-23-50-44(29-36)42-13-5-7-15-48(42)56-50/h1-31H. The van der Waals surface area contributed by atoms with Crippen molar-refractivity contribution in [2.75, 3.05) is 0 Å². The Morgan fingerprint density at radius 1 is 0.304 bits per heavy atom. The zero-order valence-electron chi connectivity index (χ0n) is 30.1. The first-order valence-electron chi connectivity index (χ1n) is 18.6. The van der Waals surface area contributed by atoms with Crippen LogP contribution in [-0.4, -0.2) is 15.0 Å². The normalized spacial score (nSPS) is 11.6. The summed E-state index contributed by atoms with van der Waals surface area (Å²) >= 11 is 0. The van der Waals surface area contributed by atoms with Crippen molar-refractivity contribution < 1.29 is 8.83 Å². The first-order valence-corrected chi connectivity index (χ1v) is 18.6. The number of pyridine rings is 1. The van der Waals surface area contributed by atoms with Crippen LogP contribution in [0.1, 0.15) is 0 Å². The molecule has 0 saturated heterocycles. The lowest BCUT2D eigenvalue weighted by atomic mass is 9.93. The van der Waals surface area contributed by atoms with Crippen molar-refractivity contribution in [3.05, 3.63) is 188 Å². The number of fused-ring (bicyclic) bond motifs is 6. The Kier molecular flexibility index (Phi) is 7.42. The molecule has 0 spiro atoms. The van der Waals surface area contributed by atoms with Gasteiger partial charge < -0.3 is 8.83 Å². The van der Waals surface area contributed by atoms with E-state index < -0.39 is 0 Å². The maximum absolute atomic E-state index is 6.21.